The fraction of sp³-hybridized carbons (Fsp3) is 0.308. The highest BCUT2D eigenvalue weighted by Gasteiger charge is 2.18. The lowest BCUT2D eigenvalue weighted by atomic mass is 10.1. The maximum atomic E-state index is 12.1. The predicted molar refractivity (Wildman–Crippen MR) is 77.2 cm³/mol. The number of nitrogens with zero attached hydrogens (tertiary/aromatic N) is 3. The molecular formula is C13H16N4O3S. The summed E-state index contributed by atoms with van der Waals surface area (Å²) in [5, 5.41) is 2.83. The average Bonchev–Trinajstić information content (AvgIpc) is 2.95. The van der Waals surface area contributed by atoms with Gasteiger partial charge in [-0.3, -0.25) is 9.78 Å². The summed E-state index contributed by atoms with van der Waals surface area (Å²) in [4.78, 5) is 20.0. The van der Waals surface area contributed by atoms with Gasteiger partial charge in [0.05, 0.1) is 18.0 Å². The zero-order chi connectivity index (χ0) is 15.5. The van der Waals surface area contributed by atoms with Crippen molar-refractivity contribution in [1.29, 1.82) is 0 Å². The van der Waals surface area contributed by atoms with E-state index in [-0.39, 0.29) is 11.9 Å². The molecule has 1 atom stereocenters. The normalized spacial score (nSPS) is 12.9. The number of hydrogen-bond acceptors (Lipinski definition) is 5. The SMILES string of the molecule is CC[C@H](NC(=O)c1ccncc1)c1cn(S(C)(=O)=O)cn1. The number of carbonyl (C=O) groups excluding carboxylic acids is 1. The molecule has 0 aliphatic heterocycles. The summed E-state index contributed by atoms with van der Waals surface area (Å²) in [7, 11) is -3.37. The van der Waals surface area contributed by atoms with Crippen molar-refractivity contribution >= 4 is 15.9 Å². The second-order valence-corrected chi connectivity index (χ2v) is 6.45. The molecule has 8 heteroatoms. The second kappa shape index (κ2) is 6.04. The quantitative estimate of drug-likeness (QED) is 0.888. The first-order valence-corrected chi connectivity index (χ1v) is 8.22. The summed E-state index contributed by atoms with van der Waals surface area (Å²) in [6, 6.07) is 2.86. The Kier molecular flexibility index (Phi) is 4.37. The van der Waals surface area contributed by atoms with Crippen LogP contribution in [0.1, 0.15) is 35.4 Å². The maximum Gasteiger partial charge on any atom is 0.251 e. The smallest absolute Gasteiger partial charge is 0.251 e. The van der Waals surface area contributed by atoms with E-state index in [0.29, 0.717) is 17.7 Å². The Labute approximate surface area is 123 Å². The minimum Gasteiger partial charge on any atom is -0.344 e. The molecule has 0 saturated carbocycles. The maximum absolute atomic E-state index is 12.1. The molecule has 0 aromatic carbocycles. The van der Waals surface area contributed by atoms with Crippen LogP contribution >= 0.6 is 0 Å². The molecule has 7 nitrogen and oxygen atoms in total. The highest BCUT2D eigenvalue weighted by Crippen LogP contribution is 2.15. The molecule has 2 rings (SSSR count). The lowest BCUT2D eigenvalue weighted by Gasteiger charge is -2.14. The number of nitrogens with one attached hydrogen (secondary N) is 1. The van der Waals surface area contributed by atoms with Crippen LogP contribution in [-0.2, 0) is 10.0 Å². The molecule has 0 saturated heterocycles. The van der Waals surface area contributed by atoms with Crippen LogP contribution in [0.25, 0.3) is 0 Å². The number of imidazole rings is 1. The molecule has 1 N–H and O–H groups in total. The number of hydrogen-bond donors (Lipinski definition) is 1. The fourth-order valence-electron chi connectivity index (χ4n) is 1.81. The highest BCUT2D eigenvalue weighted by atomic mass is 32.2. The number of pyridine rings is 1. The molecule has 21 heavy (non-hydrogen) atoms. The summed E-state index contributed by atoms with van der Waals surface area (Å²) in [5.41, 5.74) is 0.997. The summed E-state index contributed by atoms with van der Waals surface area (Å²) in [6.07, 6.45) is 7.40. The van der Waals surface area contributed by atoms with Gasteiger partial charge in [0.1, 0.15) is 6.33 Å². The van der Waals surface area contributed by atoms with Crippen molar-refractivity contribution in [3.05, 3.63) is 48.3 Å². The molecule has 2 heterocycles. The van der Waals surface area contributed by atoms with E-state index in [0.717, 1.165) is 10.2 Å². The first-order chi connectivity index (χ1) is 9.91. The van der Waals surface area contributed by atoms with Crippen molar-refractivity contribution < 1.29 is 13.2 Å². The minimum absolute atomic E-state index is 0.252. The average molecular weight is 308 g/mol. The second-order valence-electron chi connectivity index (χ2n) is 4.56. The Balaban J connectivity index is 2.17. The first kappa shape index (κ1) is 15.2. The van der Waals surface area contributed by atoms with Gasteiger partial charge in [-0.25, -0.2) is 17.4 Å². The van der Waals surface area contributed by atoms with Crippen LogP contribution in [0.5, 0.6) is 0 Å². The van der Waals surface area contributed by atoms with Crippen LogP contribution in [0.15, 0.2) is 37.1 Å². The lowest BCUT2D eigenvalue weighted by molar-refractivity contribution is 0.0934. The molecule has 2 aromatic heterocycles. The van der Waals surface area contributed by atoms with E-state index in [1.165, 1.54) is 24.9 Å². The van der Waals surface area contributed by atoms with Gasteiger partial charge in [0, 0.05) is 24.2 Å². The van der Waals surface area contributed by atoms with E-state index in [4.69, 9.17) is 0 Å². The Morgan fingerprint density at radius 1 is 1.38 bits per heavy atom. The molecule has 0 spiro atoms. The molecule has 1 amide bonds. The summed E-state index contributed by atoms with van der Waals surface area (Å²) < 4.78 is 23.9. The first-order valence-electron chi connectivity index (χ1n) is 6.37. The van der Waals surface area contributed by atoms with E-state index >= 15 is 0 Å². The third-order valence-corrected chi connectivity index (χ3v) is 3.94. The van der Waals surface area contributed by atoms with E-state index in [2.05, 4.69) is 15.3 Å². The number of aromatic nitrogens is 3. The van der Waals surface area contributed by atoms with Gasteiger partial charge in [-0.2, -0.15) is 0 Å². The zero-order valence-electron chi connectivity index (χ0n) is 11.7. The lowest BCUT2D eigenvalue weighted by Crippen LogP contribution is -2.28. The molecule has 2 aromatic rings. The number of amides is 1. The van der Waals surface area contributed by atoms with Crippen LogP contribution in [0.3, 0.4) is 0 Å². The van der Waals surface area contributed by atoms with Crippen LogP contribution in [-0.4, -0.2) is 34.5 Å². The van der Waals surface area contributed by atoms with Crippen molar-refractivity contribution in [2.45, 2.75) is 19.4 Å². The number of rotatable bonds is 5. The third kappa shape index (κ3) is 3.66. The zero-order valence-corrected chi connectivity index (χ0v) is 12.5. The van der Waals surface area contributed by atoms with E-state index in [1.54, 1.807) is 12.1 Å². The molecule has 0 radical (unpaired) electrons. The molecule has 112 valence electrons. The van der Waals surface area contributed by atoms with Gasteiger partial charge in [0.2, 0.25) is 10.0 Å². The van der Waals surface area contributed by atoms with Gasteiger partial charge < -0.3 is 5.32 Å². The number of carbonyl (C=O) groups is 1. The Morgan fingerprint density at radius 3 is 2.57 bits per heavy atom. The fourth-order valence-corrected chi connectivity index (χ4v) is 2.33. The van der Waals surface area contributed by atoms with E-state index < -0.39 is 10.0 Å². The molecule has 0 fully saturated rings. The Hall–Kier alpha value is -2.22. The van der Waals surface area contributed by atoms with Crippen molar-refractivity contribution in [3.63, 3.8) is 0 Å². The summed E-state index contributed by atoms with van der Waals surface area (Å²) in [5.74, 6) is -0.252. The monoisotopic (exact) mass is 308 g/mol. The van der Waals surface area contributed by atoms with Crippen molar-refractivity contribution in [3.8, 4) is 0 Å². The topological polar surface area (TPSA) is 94.0 Å². The largest absolute Gasteiger partial charge is 0.344 e. The Bertz CT molecular complexity index is 725. The van der Waals surface area contributed by atoms with Gasteiger partial charge in [-0.05, 0) is 18.6 Å². The van der Waals surface area contributed by atoms with Crippen molar-refractivity contribution in [2.24, 2.45) is 0 Å². The van der Waals surface area contributed by atoms with Gasteiger partial charge in [0.25, 0.3) is 5.91 Å². The molecule has 0 bridgehead atoms. The van der Waals surface area contributed by atoms with Crippen LogP contribution in [0.4, 0.5) is 0 Å². The Morgan fingerprint density at radius 2 is 2.05 bits per heavy atom. The van der Waals surface area contributed by atoms with Gasteiger partial charge >= 0.3 is 0 Å². The van der Waals surface area contributed by atoms with Gasteiger partial charge in [-0.1, -0.05) is 6.92 Å². The standard InChI is InChI=1S/C13H16N4O3S/c1-3-11(12-8-17(9-15-12)21(2,19)20)16-13(18)10-4-6-14-7-5-10/h4-9,11H,3H2,1-2H3,(H,16,18)/t11-/m0/s1. The minimum atomic E-state index is -3.37. The third-order valence-electron chi connectivity index (χ3n) is 2.98. The highest BCUT2D eigenvalue weighted by molar-refractivity contribution is 7.89. The summed E-state index contributed by atoms with van der Waals surface area (Å²) >= 11 is 0. The summed E-state index contributed by atoms with van der Waals surface area (Å²) in [6.45, 7) is 1.89. The molecule has 0 unspecified atom stereocenters. The molecule has 0 aliphatic rings. The van der Waals surface area contributed by atoms with Crippen molar-refractivity contribution in [1.82, 2.24) is 19.3 Å². The van der Waals surface area contributed by atoms with E-state index in [9.17, 15) is 13.2 Å². The molecule has 0 aliphatic carbocycles. The van der Waals surface area contributed by atoms with Crippen LogP contribution < -0.4 is 5.32 Å². The molecular weight excluding hydrogens is 292 g/mol. The predicted octanol–water partition coefficient (Wildman–Crippen LogP) is 0.967. The van der Waals surface area contributed by atoms with Crippen LogP contribution in [0.2, 0.25) is 0 Å². The van der Waals surface area contributed by atoms with E-state index in [1.807, 2.05) is 6.92 Å². The van der Waals surface area contributed by atoms with Gasteiger partial charge in [-0.15, -0.1) is 0 Å². The van der Waals surface area contributed by atoms with Gasteiger partial charge in [0.15, 0.2) is 0 Å². The van der Waals surface area contributed by atoms with Crippen LogP contribution in [0, 0.1) is 0 Å². The van der Waals surface area contributed by atoms with Crippen molar-refractivity contribution in [2.75, 3.05) is 6.26 Å².